The lowest BCUT2D eigenvalue weighted by Crippen LogP contribution is -2.43. The van der Waals surface area contributed by atoms with E-state index in [1.807, 2.05) is 0 Å². The first-order chi connectivity index (χ1) is 11.7. The molecule has 0 saturated carbocycles. The Morgan fingerprint density at radius 2 is 2.04 bits per heavy atom. The number of alkyl halides is 3. The summed E-state index contributed by atoms with van der Waals surface area (Å²) in [4.78, 5) is 8.07. The van der Waals surface area contributed by atoms with E-state index in [2.05, 4.69) is 20.4 Å². The molecule has 0 bridgehead atoms. The standard InChI is InChI=1S/C15H16F3N5O2/c1-9-3-4-11(25-9)14(24,15(16,17)18)5-6-19-12-10-7-22-23(2)13(10)21-8-20-12/h3-4,7-8,24H,5-6H2,1-2H3,(H,19,20,21)/t14-/m0/s1. The third-order valence-corrected chi connectivity index (χ3v) is 3.93. The molecule has 2 N–H and O–H groups in total. The predicted octanol–water partition coefficient (Wildman–Crippen LogP) is 2.52. The lowest BCUT2D eigenvalue weighted by molar-refractivity contribution is -0.274. The maximum Gasteiger partial charge on any atom is 0.424 e. The molecule has 0 fully saturated rings. The van der Waals surface area contributed by atoms with Gasteiger partial charge in [0.15, 0.2) is 5.65 Å². The molecule has 3 rings (SSSR count). The lowest BCUT2D eigenvalue weighted by atomic mass is 9.95. The average Bonchev–Trinajstić information content (AvgIpc) is 3.13. The van der Waals surface area contributed by atoms with Gasteiger partial charge in [0.25, 0.3) is 0 Å². The Morgan fingerprint density at radius 1 is 1.28 bits per heavy atom. The van der Waals surface area contributed by atoms with Crippen LogP contribution in [0.3, 0.4) is 0 Å². The molecule has 0 aliphatic heterocycles. The monoisotopic (exact) mass is 355 g/mol. The molecule has 3 heterocycles. The Balaban J connectivity index is 1.80. The van der Waals surface area contributed by atoms with Crippen LogP contribution < -0.4 is 5.32 Å². The van der Waals surface area contributed by atoms with Crippen LogP contribution in [-0.4, -0.2) is 37.6 Å². The summed E-state index contributed by atoms with van der Waals surface area (Å²) in [5.41, 5.74) is -2.54. The first kappa shape index (κ1) is 17.2. The summed E-state index contributed by atoms with van der Waals surface area (Å²) in [6.07, 6.45) is -2.72. The van der Waals surface area contributed by atoms with Crippen LogP contribution in [0, 0.1) is 6.92 Å². The summed E-state index contributed by atoms with van der Waals surface area (Å²) in [5, 5.41) is 17.6. The fourth-order valence-corrected chi connectivity index (χ4v) is 2.53. The molecule has 0 unspecified atom stereocenters. The number of furan rings is 1. The molecule has 10 heteroatoms. The predicted molar refractivity (Wildman–Crippen MR) is 82.8 cm³/mol. The maximum atomic E-state index is 13.4. The van der Waals surface area contributed by atoms with Crippen LogP contribution in [0.4, 0.5) is 19.0 Å². The Kier molecular flexibility index (Phi) is 4.15. The molecule has 0 spiro atoms. The van der Waals surface area contributed by atoms with E-state index >= 15 is 0 Å². The fourth-order valence-electron chi connectivity index (χ4n) is 2.53. The minimum absolute atomic E-state index is 0.184. The van der Waals surface area contributed by atoms with Crippen LogP contribution in [-0.2, 0) is 12.6 Å². The van der Waals surface area contributed by atoms with Crippen molar-refractivity contribution in [3.8, 4) is 0 Å². The molecule has 25 heavy (non-hydrogen) atoms. The van der Waals surface area contributed by atoms with E-state index in [1.54, 1.807) is 7.05 Å². The minimum Gasteiger partial charge on any atom is -0.463 e. The smallest absolute Gasteiger partial charge is 0.424 e. The summed E-state index contributed by atoms with van der Waals surface area (Å²) in [6.45, 7) is 1.33. The van der Waals surface area contributed by atoms with Crippen LogP contribution in [0.1, 0.15) is 17.9 Å². The van der Waals surface area contributed by atoms with Gasteiger partial charge in [-0.3, -0.25) is 4.68 Å². The Hall–Kier alpha value is -2.62. The van der Waals surface area contributed by atoms with E-state index in [-0.39, 0.29) is 6.54 Å². The zero-order valence-corrected chi connectivity index (χ0v) is 13.5. The van der Waals surface area contributed by atoms with Crippen molar-refractivity contribution >= 4 is 16.9 Å². The molecule has 0 aromatic carbocycles. The molecule has 0 amide bonds. The number of aliphatic hydroxyl groups is 1. The van der Waals surface area contributed by atoms with Crippen LogP contribution >= 0.6 is 0 Å². The van der Waals surface area contributed by atoms with Crippen LogP contribution in [0.15, 0.2) is 29.1 Å². The molecule has 0 aliphatic carbocycles. The summed E-state index contributed by atoms with van der Waals surface area (Å²) in [6, 6.07) is 2.51. The van der Waals surface area contributed by atoms with Gasteiger partial charge in [0.2, 0.25) is 5.60 Å². The summed E-state index contributed by atoms with van der Waals surface area (Å²) < 4.78 is 46.8. The van der Waals surface area contributed by atoms with Crippen LogP contribution in [0.2, 0.25) is 0 Å². The van der Waals surface area contributed by atoms with Crippen molar-refractivity contribution in [3.05, 3.63) is 36.2 Å². The van der Waals surface area contributed by atoms with Crippen molar-refractivity contribution in [2.45, 2.75) is 25.1 Å². The maximum absolute atomic E-state index is 13.4. The van der Waals surface area contributed by atoms with Crippen molar-refractivity contribution in [1.82, 2.24) is 19.7 Å². The molecule has 134 valence electrons. The normalized spacial score (nSPS) is 14.6. The van der Waals surface area contributed by atoms with E-state index in [0.29, 0.717) is 22.6 Å². The van der Waals surface area contributed by atoms with Gasteiger partial charge in [-0.25, -0.2) is 9.97 Å². The zero-order chi connectivity index (χ0) is 18.2. The van der Waals surface area contributed by atoms with Crippen molar-refractivity contribution in [2.75, 3.05) is 11.9 Å². The third kappa shape index (κ3) is 3.04. The number of fused-ring (bicyclic) bond motifs is 1. The first-order valence-corrected chi connectivity index (χ1v) is 7.45. The van der Waals surface area contributed by atoms with Crippen molar-refractivity contribution in [2.24, 2.45) is 7.05 Å². The zero-order valence-electron chi connectivity index (χ0n) is 13.5. The van der Waals surface area contributed by atoms with Crippen molar-refractivity contribution < 1.29 is 22.7 Å². The van der Waals surface area contributed by atoms with E-state index in [0.717, 1.165) is 6.07 Å². The SMILES string of the molecule is Cc1ccc([C@@](O)(CCNc2ncnc3c2cnn3C)C(F)(F)F)o1. The molecule has 7 nitrogen and oxygen atoms in total. The molecule has 1 atom stereocenters. The van der Waals surface area contributed by atoms with Gasteiger partial charge in [0, 0.05) is 20.0 Å². The number of aryl methyl sites for hydroxylation is 2. The summed E-state index contributed by atoms with van der Waals surface area (Å²) in [7, 11) is 1.70. The Bertz CT molecular complexity index is 889. The van der Waals surface area contributed by atoms with Gasteiger partial charge in [-0.15, -0.1) is 0 Å². The highest BCUT2D eigenvalue weighted by molar-refractivity contribution is 5.85. The number of nitrogens with one attached hydrogen (secondary N) is 1. The van der Waals surface area contributed by atoms with Crippen molar-refractivity contribution in [1.29, 1.82) is 0 Å². The molecule has 0 aliphatic rings. The second kappa shape index (κ2) is 6.03. The number of halogens is 3. The minimum atomic E-state index is -4.88. The lowest BCUT2D eigenvalue weighted by Gasteiger charge is -2.28. The highest BCUT2D eigenvalue weighted by Crippen LogP contribution is 2.42. The van der Waals surface area contributed by atoms with Gasteiger partial charge in [-0.1, -0.05) is 0 Å². The van der Waals surface area contributed by atoms with E-state index in [1.165, 1.54) is 30.2 Å². The number of anilines is 1. The Morgan fingerprint density at radius 3 is 2.68 bits per heavy atom. The third-order valence-electron chi connectivity index (χ3n) is 3.93. The first-order valence-electron chi connectivity index (χ1n) is 7.45. The molecular weight excluding hydrogens is 339 g/mol. The average molecular weight is 355 g/mol. The number of rotatable bonds is 5. The number of hydrogen-bond donors (Lipinski definition) is 2. The van der Waals surface area contributed by atoms with Gasteiger partial charge in [0.1, 0.15) is 23.7 Å². The van der Waals surface area contributed by atoms with Gasteiger partial charge in [-0.05, 0) is 19.1 Å². The molecule has 0 saturated heterocycles. The fraction of sp³-hybridized carbons (Fsp3) is 0.400. The molecule has 3 aromatic heterocycles. The van der Waals surface area contributed by atoms with E-state index < -0.39 is 24.0 Å². The van der Waals surface area contributed by atoms with Gasteiger partial charge in [0.05, 0.1) is 11.6 Å². The highest BCUT2D eigenvalue weighted by Gasteiger charge is 2.56. The highest BCUT2D eigenvalue weighted by atomic mass is 19.4. The second-order valence-corrected chi connectivity index (χ2v) is 5.67. The van der Waals surface area contributed by atoms with Gasteiger partial charge in [-0.2, -0.15) is 18.3 Å². The van der Waals surface area contributed by atoms with Gasteiger partial charge >= 0.3 is 6.18 Å². The molecular formula is C15H16F3N5O2. The van der Waals surface area contributed by atoms with Crippen LogP contribution in [0.25, 0.3) is 11.0 Å². The van der Waals surface area contributed by atoms with Crippen molar-refractivity contribution in [3.63, 3.8) is 0 Å². The largest absolute Gasteiger partial charge is 0.463 e. The van der Waals surface area contributed by atoms with E-state index in [9.17, 15) is 18.3 Å². The van der Waals surface area contributed by atoms with E-state index in [4.69, 9.17) is 4.42 Å². The number of hydrogen-bond acceptors (Lipinski definition) is 6. The quantitative estimate of drug-likeness (QED) is 0.731. The van der Waals surface area contributed by atoms with Crippen LogP contribution in [0.5, 0.6) is 0 Å². The second-order valence-electron chi connectivity index (χ2n) is 5.67. The van der Waals surface area contributed by atoms with Gasteiger partial charge < -0.3 is 14.8 Å². The number of aromatic nitrogens is 4. The Labute approximate surface area is 140 Å². The molecule has 0 radical (unpaired) electrons. The summed E-state index contributed by atoms with van der Waals surface area (Å²) >= 11 is 0. The topological polar surface area (TPSA) is 89.0 Å². The number of nitrogens with zero attached hydrogens (tertiary/aromatic N) is 4. The summed E-state index contributed by atoms with van der Waals surface area (Å²) in [5.74, 6) is 0.102. The molecule has 3 aromatic rings.